The molecule has 0 aliphatic heterocycles. The van der Waals surface area contributed by atoms with Crippen LogP contribution in [0.15, 0.2) is 6.07 Å². The SMILES string of the molecule is Cc1cc2c(n1CC(C)(C)CN(C)C)CCCC2O. The number of aromatic nitrogens is 1. The van der Waals surface area contributed by atoms with Crippen LogP contribution in [0.4, 0.5) is 0 Å². The summed E-state index contributed by atoms with van der Waals surface area (Å²) in [5, 5.41) is 10.1. The molecule has 0 bridgehead atoms. The lowest BCUT2D eigenvalue weighted by Crippen LogP contribution is -2.33. The first-order chi connectivity index (χ1) is 8.80. The lowest BCUT2D eigenvalue weighted by molar-refractivity contribution is 0.154. The molecule has 0 amide bonds. The number of aryl methyl sites for hydroxylation is 1. The third-order valence-electron chi connectivity index (χ3n) is 4.03. The minimum absolute atomic E-state index is 0.240. The van der Waals surface area contributed by atoms with Gasteiger partial charge in [0.15, 0.2) is 0 Å². The summed E-state index contributed by atoms with van der Waals surface area (Å²) in [6.07, 6.45) is 2.88. The van der Waals surface area contributed by atoms with E-state index in [4.69, 9.17) is 0 Å². The maximum absolute atomic E-state index is 10.1. The van der Waals surface area contributed by atoms with Gasteiger partial charge in [-0.3, -0.25) is 0 Å². The van der Waals surface area contributed by atoms with Crippen LogP contribution in [0.25, 0.3) is 0 Å². The van der Waals surface area contributed by atoms with E-state index < -0.39 is 0 Å². The summed E-state index contributed by atoms with van der Waals surface area (Å²) in [6.45, 7) is 8.90. The van der Waals surface area contributed by atoms with Crippen LogP contribution < -0.4 is 0 Å². The van der Waals surface area contributed by atoms with Crippen LogP contribution >= 0.6 is 0 Å². The third kappa shape index (κ3) is 3.21. The van der Waals surface area contributed by atoms with Gasteiger partial charge in [0.2, 0.25) is 0 Å². The van der Waals surface area contributed by atoms with Crippen LogP contribution in [0.2, 0.25) is 0 Å². The van der Waals surface area contributed by atoms with Gasteiger partial charge in [-0.1, -0.05) is 13.8 Å². The van der Waals surface area contributed by atoms with E-state index in [9.17, 15) is 5.11 Å². The molecule has 2 rings (SSSR count). The Morgan fingerprint density at radius 3 is 2.74 bits per heavy atom. The van der Waals surface area contributed by atoms with E-state index in [0.29, 0.717) is 0 Å². The topological polar surface area (TPSA) is 28.4 Å². The van der Waals surface area contributed by atoms with E-state index in [1.54, 1.807) is 0 Å². The highest BCUT2D eigenvalue weighted by molar-refractivity contribution is 5.31. The average molecular weight is 264 g/mol. The fourth-order valence-electron chi connectivity index (χ4n) is 3.50. The summed E-state index contributed by atoms with van der Waals surface area (Å²) in [5.74, 6) is 0. The fraction of sp³-hybridized carbons (Fsp3) is 0.750. The zero-order valence-electron chi connectivity index (χ0n) is 13.0. The van der Waals surface area contributed by atoms with Crippen molar-refractivity contribution in [3.05, 3.63) is 23.0 Å². The molecule has 0 saturated heterocycles. The van der Waals surface area contributed by atoms with Crippen molar-refractivity contribution in [3.63, 3.8) is 0 Å². The zero-order valence-corrected chi connectivity index (χ0v) is 13.0. The molecule has 108 valence electrons. The first-order valence-corrected chi connectivity index (χ1v) is 7.32. The third-order valence-corrected chi connectivity index (χ3v) is 4.03. The Balaban J connectivity index is 2.26. The molecule has 1 heterocycles. The minimum Gasteiger partial charge on any atom is -0.388 e. The van der Waals surface area contributed by atoms with E-state index in [-0.39, 0.29) is 11.5 Å². The molecule has 1 atom stereocenters. The van der Waals surface area contributed by atoms with Crippen molar-refractivity contribution in [2.24, 2.45) is 5.41 Å². The summed E-state index contributed by atoms with van der Waals surface area (Å²) in [4.78, 5) is 2.25. The Morgan fingerprint density at radius 2 is 2.11 bits per heavy atom. The molecule has 1 aliphatic carbocycles. The standard InChI is InChI=1S/C16H28N2O/c1-12-9-13-14(7-6-8-15(13)19)18(12)11-16(2,3)10-17(4)5/h9,15,19H,6-8,10-11H2,1-5H3. The summed E-state index contributed by atoms with van der Waals surface area (Å²) < 4.78 is 2.43. The zero-order chi connectivity index (χ0) is 14.2. The Morgan fingerprint density at radius 1 is 1.42 bits per heavy atom. The second-order valence-electron chi connectivity index (χ2n) is 7.08. The van der Waals surface area contributed by atoms with Crippen LogP contribution in [0, 0.1) is 12.3 Å². The highest BCUT2D eigenvalue weighted by Crippen LogP contribution is 2.34. The van der Waals surface area contributed by atoms with Crippen molar-refractivity contribution < 1.29 is 5.11 Å². The number of hydrogen-bond donors (Lipinski definition) is 1. The van der Waals surface area contributed by atoms with Crippen LogP contribution in [0.1, 0.15) is 49.7 Å². The quantitative estimate of drug-likeness (QED) is 0.906. The Labute approximate surface area is 117 Å². The Hall–Kier alpha value is -0.800. The Bertz CT molecular complexity index is 446. The van der Waals surface area contributed by atoms with Crippen LogP contribution in [-0.2, 0) is 13.0 Å². The molecule has 0 fully saturated rings. The first kappa shape index (κ1) is 14.6. The van der Waals surface area contributed by atoms with E-state index in [1.165, 1.54) is 17.0 Å². The van der Waals surface area contributed by atoms with Gasteiger partial charge in [-0.2, -0.15) is 0 Å². The highest BCUT2D eigenvalue weighted by atomic mass is 16.3. The smallest absolute Gasteiger partial charge is 0.0807 e. The fourth-order valence-corrected chi connectivity index (χ4v) is 3.50. The van der Waals surface area contributed by atoms with Crippen LogP contribution in [0.3, 0.4) is 0 Å². The van der Waals surface area contributed by atoms with E-state index >= 15 is 0 Å². The second kappa shape index (κ2) is 5.29. The van der Waals surface area contributed by atoms with Gasteiger partial charge in [-0.05, 0) is 51.8 Å². The van der Waals surface area contributed by atoms with Gasteiger partial charge in [-0.15, -0.1) is 0 Å². The predicted octanol–water partition coefficient (Wildman–Crippen LogP) is 2.75. The van der Waals surface area contributed by atoms with Gasteiger partial charge in [-0.25, -0.2) is 0 Å². The second-order valence-corrected chi connectivity index (χ2v) is 7.08. The van der Waals surface area contributed by atoms with Crippen molar-refractivity contribution in [1.29, 1.82) is 0 Å². The summed E-state index contributed by atoms with van der Waals surface area (Å²) in [7, 11) is 4.26. The minimum atomic E-state index is -0.249. The molecular formula is C16H28N2O. The number of aliphatic hydroxyl groups excluding tert-OH is 1. The molecule has 0 saturated carbocycles. The Kier molecular flexibility index (Phi) is 4.07. The van der Waals surface area contributed by atoms with E-state index in [1.807, 2.05) is 0 Å². The van der Waals surface area contributed by atoms with Gasteiger partial charge in [0.25, 0.3) is 0 Å². The number of fused-ring (bicyclic) bond motifs is 1. The molecule has 1 aromatic heterocycles. The predicted molar refractivity (Wildman–Crippen MR) is 79.4 cm³/mol. The van der Waals surface area contributed by atoms with Gasteiger partial charge >= 0.3 is 0 Å². The van der Waals surface area contributed by atoms with Crippen LogP contribution in [0.5, 0.6) is 0 Å². The number of rotatable bonds is 4. The summed E-state index contributed by atoms with van der Waals surface area (Å²) >= 11 is 0. The van der Waals surface area contributed by atoms with Crippen molar-refractivity contribution in [2.75, 3.05) is 20.6 Å². The van der Waals surface area contributed by atoms with Gasteiger partial charge in [0.05, 0.1) is 6.10 Å². The van der Waals surface area contributed by atoms with Gasteiger partial charge < -0.3 is 14.6 Å². The van der Waals surface area contributed by atoms with Gasteiger partial charge in [0, 0.05) is 30.0 Å². The normalized spacial score (nSPS) is 19.8. The molecule has 1 N–H and O–H groups in total. The molecule has 19 heavy (non-hydrogen) atoms. The molecule has 0 spiro atoms. The van der Waals surface area contributed by atoms with E-state index in [0.717, 1.165) is 32.4 Å². The molecule has 1 aromatic rings. The average Bonchev–Trinajstić information content (AvgIpc) is 2.56. The lowest BCUT2D eigenvalue weighted by Gasteiger charge is -2.31. The number of hydrogen-bond acceptors (Lipinski definition) is 2. The molecule has 3 heteroatoms. The highest BCUT2D eigenvalue weighted by Gasteiger charge is 2.27. The van der Waals surface area contributed by atoms with Crippen molar-refractivity contribution in [2.45, 2.75) is 52.7 Å². The maximum Gasteiger partial charge on any atom is 0.0807 e. The molecule has 1 unspecified atom stereocenters. The molecule has 0 aromatic carbocycles. The summed E-state index contributed by atoms with van der Waals surface area (Å²) in [5.41, 5.74) is 4.06. The van der Waals surface area contributed by atoms with Crippen molar-refractivity contribution in [3.8, 4) is 0 Å². The molecule has 1 aliphatic rings. The summed E-state index contributed by atoms with van der Waals surface area (Å²) in [6, 6.07) is 2.19. The van der Waals surface area contributed by atoms with Gasteiger partial charge in [0.1, 0.15) is 0 Å². The van der Waals surface area contributed by atoms with E-state index in [2.05, 4.69) is 50.4 Å². The number of nitrogens with zero attached hydrogens (tertiary/aromatic N) is 2. The number of aliphatic hydroxyl groups is 1. The van der Waals surface area contributed by atoms with Crippen molar-refractivity contribution >= 4 is 0 Å². The maximum atomic E-state index is 10.1. The molecule has 0 radical (unpaired) electrons. The molecule has 3 nitrogen and oxygen atoms in total. The molecular weight excluding hydrogens is 236 g/mol. The first-order valence-electron chi connectivity index (χ1n) is 7.32. The van der Waals surface area contributed by atoms with Crippen LogP contribution in [-0.4, -0.2) is 35.2 Å². The monoisotopic (exact) mass is 264 g/mol. The largest absolute Gasteiger partial charge is 0.388 e. The lowest BCUT2D eigenvalue weighted by atomic mass is 9.91. The van der Waals surface area contributed by atoms with Crippen molar-refractivity contribution in [1.82, 2.24) is 9.47 Å².